The van der Waals surface area contributed by atoms with Crippen LogP contribution >= 0.6 is 15.9 Å². The van der Waals surface area contributed by atoms with Gasteiger partial charge in [0.25, 0.3) is 0 Å². The average molecular weight is 333 g/mol. The van der Waals surface area contributed by atoms with Gasteiger partial charge in [0.2, 0.25) is 5.91 Å². The zero-order valence-electron chi connectivity index (χ0n) is 11.5. The van der Waals surface area contributed by atoms with Crippen molar-refractivity contribution in [3.05, 3.63) is 63.6 Å². The highest BCUT2D eigenvalue weighted by Crippen LogP contribution is 2.24. The first kappa shape index (κ1) is 14.6. The van der Waals surface area contributed by atoms with E-state index in [4.69, 9.17) is 5.73 Å². The number of primary amides is 1. The van der Waals surface area contributed by atoms with Crippen molar-refractivity contribution in [2.24, 2.45) is 5.73 Å². The second kappa shape index (κ2) is 6.09. The minimum absolute atomic E-state index is 0.387. The Morgan fingerprint density at radius 3 is 2.40 bits per heavy atom. The third kappa shape index (κ3) is 3.39. The lowest BCUT2D eigenvalue weighted by molar-refractivity contribution is -0.118. The molecule has 0 aliphatic carbocycles. The van der Waals surface area contributed by atoms with Crippen LogP contribution < -0.4 is 11.1 Å². The maximum absolute atomic E-state index is 11.8. The summed E-state index contributed by atoms with van der Waals surface area (Å²) in [6.45, 7) is 3.98. The van der Waals surface area contributed by atoms with Gasteiger partial charge in [-0.2, -0.15) is 0 Å². The predicted molar refractivity (Wildman–Crippen MR) is 85.6 cm³/mol. The van der Waals surface area contributed by atoms with Crippen LogP contribution in [0.3, 0.4) is 0 Å². The standard InChI is InChI=1S/C16H17BrN2O/c1-10-3-4-11(2)14(9-10)15(16(18)20)19-13-7-5-12(17)6-8-13/h3-9,15,19H,1-2H3,(H2,18,20). The van der Waals surface area contributed by atoms with Crippen LogP contribution in [-0.2, 0) is 4.79 Å². The Labute approximate surface area is 127 Å². The van der Waals surface area contributed by atoms with E-state index in [9.17, 15) is 4.79 Å². The lowest BCUT2D eigenvalue weighted by Crippen LogP contribution is -2.28. The molecule has 0 saturated heterocycles. The summed E-state index contributed by atoms with van der Waals surface area (Å²) in [7, 11) is 0. The van der Waals surface area contributed by atoms with Crippen molar-refractivity contribution in [2.45, 2.75) is 19.9 Å². The van der Waals surface area contributed by atoms with E-state index in [1.165, 1.54) is 0 Å². The third-order valence-corrected chi connectivity index (χ3v) is 3.71. The number of hydrogen-bond acceptors (Lipinski definition) is 2. The topological polar surface area (TPSA) is 55.1 Å². The quantitative estimate of drug-likeness (QED) is 0.896. The summed E-state index contributed by atoms with van der Waals surface area (Å²) in [6, 6.07) is 13.1. The monoisotopic (exact) mass is 332 g/mol. The zero-order valence-corrected chi connectivity index (χ0v) is 13.1. The molecule has 4 heteroatoms. The number of anilines is 1. The third-order valence-electron chi connectivity index (χ3n) is 3.19. The Hall–Kier alpha value is -1.81. The Bertz CT molecular complexity index is 623. The van der Waals surface area contributed by atoms with Crippen molar-refractivity contribution < 1.29 is 4.79 Å². The SMILES string of the molecule is Cc1ccc(C)c(C(Nc2ccc(Br)cc2)C(N)=O)c1. The molecule has 3 N–H and O–H groups in total. The van der Waals surface area contributed by atoms with Crippen molar-refractivity contribution in [1.82, 2.24) is 0 Å². The van der Waals surface area contributed by atoms with Gasteiger partial charge >= 0.3 is 0 Å². The van der Waals surface area contributed by atoms with Crippen LogP contribution in [0.15, 0.2) is 46.9 Å². The predicted octanol–water partition coefficient (Wildman–Crippen LogP) is 3.70. The van der Waals surface area contributed by atoms with Crippen molar-refractivity contribution >= 4 is 27.5 Å². The first-order valence-electron chi connectivity index (χ1n) is 6.36. The number of nitrogens with one attached hydrogen (secondary N) is 1. The summed E-state index contributed by atoms with van der Waals surface area (Å²) in [6.07, 6.45) is 0. The normalized spacial score (nSPS) is 11.9. The summed E-state index contributed by atoms with van der Waals surface area (Å²) in [4.78, 5) is 11.8. The summed E-state index contributed by atoms with van der Waals surface area (Å²) >= 11 is 3.39. The molecule has 0 aromatic heterocycles. The van der Waals surface area contributed by atoms with Crippen molar-refractivity contribution in [3.63, 3.8) is 0 Å². The highest BCUT2D eigenvalue weighted by molar-refractivity contribution is 9.10. The summed E-state index contributed by atoms with van der Waals surface area (Å²) in [5.74, 6) is -0.387. The van der Waals surface area contributed by atoms with Gasteiger partial charge in [0.15, 0.2) is 0 Å². The molecule has 20 heavy (non-hydrogen) atoms. The first-order chi connectivity index (χ1) is 9.47. The molecule has 0 spiro atoms. The molecule has 2 aromatic carbocycles. The number of hydrogen-bond donors (Lipinski definition) is 2. The van der Waals surface area contributed by atoms with E-state index in [0.29, 0.717) is 0 Å². The molecule has 0 radical (unpaired) electrons. The van der Waals surface area contributed by atoms with Crippen LogP contribution in [0.5, 0.6) is 0 Å². The first-order valence-corrected chi connectivity index (χ1v) is 7.15. The maximum atomic E-state index is 11.8. The Balaban J connectivity index is 2.34. The number of amides is 1. The van der Waals surface area contributed by atoms with Gasteiger partial charge in [-0.3, -0.25) is 4.79 Å². The minimum Gasteiger partial charge on any atom is -0.370 e. The molecule has 0 saturated carbocycles. The van der Waals surface area contributed by atoms with Gasteiger partial charge in [0, 0.05) is 10.2 Å². The molecule has 0 aliphatic heterocycles. The van der Waals surface area contributed by atoms with Crippen molar-refractivity contribution in [1.29, 1.82) is 0 Å². The van der Waals surface area contributed by atoms with Crippen molar-refractivity contribution in [3.8, 4) is 0 Å². The van der Waals surface area contributed by atoms with E-state index in [1.54, 1.807) is 0 Å². The van der Waals surface area contributed by atoms with Crippen LogP contribution in [0.1, 0.15) is 22.7 Å². The summed E-state index contributed by atoms with van der Waals surface area (Å²) < 4.78 is 0.991. The smallest absolute Gasteiger partial charge is 0.244 e. The molecule has 2 rings (SSSR count). The van der Waals surface area contributed by atoms with Crippen molar-refractivity contribution in [2.75, 3.05) is 5.32 Å². The number of aryl methyl sites for hydroxylation is 2. The van der Waals surface area contributed by atoms with Crippen LogP contribution in [-0.4, -0.2) is 5.91 Å². The Kier molecular flexibility index (Phi) is 4.45. The maximum Gasteiger partial charge on any atom is 0.244 e. The molecule has 2 aromatic rings. The van der Waals surface area contributed by atoms with Gasteiger partial charge < -0.3 is 11.1 Å². The van der Waals surface area contributed by atoms with Gasteiger partial charge in [-0.25, -0.2) is 0 Å². The number of benzene rings is 2. The number of carbonyl (C=O) groups is 1. The van der Waals surface area contributed by atoms with Gasteiger partial charge in [0.05, 0.1) is 0 Å². The second-order valence-electron chi connectivity index (χ2n) is 4.85. The van der Waals surface area contributed by atoms with Gasteiger partial charge in [-0.15, -0.1) is 0 Å². The minimum atomic E-state index is -0.531. The van der Waals surface area contributed by atoms with E-state index in [-0.39, 0.29) is 5.91 Å². The molecule has 0 bridgehead atoms. The fraction of sp³-hybridized carbons (Fsp3) is 0.188. The van der Waals surface area contributed by atoms with Gasteiger partial charge in [-0.05, 0) is 49.2 Å². The number of rotatable bonds is 4. The molecule has 104 valence electrons. The zero-order chi connectivity index (χ0) is 14.7. The lowest BCUT2D eigenvalue weighted by Gasteiger charge is -2.19. The molecule has 1 atom stereocenters. The number of halogens is 1. The highest BCUT2D eigenvalue weighted by atomic mass is 79.9. The lowest BCUT2D eigenvalue weighted by atomic mass is 9.98. The van der Waals surface area contributed by atoms with Crippen LogP contribution in [0.25, 0.3) is 0 Å². The number of carbonyl (C=O) groups excluding carboxylic acids is 1. The molecular weight excluding hydrogens is 316 g/mol. The molecular formula is C16H17BrN2O. The van der Waals surface area contributed by atoms with E-state index < -0.39 is 6.04 Å². The fourth-order valence-electron chi connectivity index (χ4n) is 2.09. The second-order valence-corrected chi connectivity index (χ2v) is 5.76. The molecule has 0 aliphatic rings. The Morgan fingerprint density at radius 2 is 1.80 bits per heavy atom. The molecule has 1 unspecified atom stereocenters. The highest BCUT2D eigenvalue weighted by Gasteiger charge is 2.19. The molecule has 0 heterocycles. The Morgan fingerprint density at radius 1 is 1.15 bits per heavy atom. The van der Waals surface area contributed by atoms with E-state index in [0.717, 1.165) is 26.9 Å². The van der Waals surface area contributed by atoms with Gasteiger partial charge in [-0.1, -0.05) is 39.7 Å². The van der Waals surface area contributed by atoms with Crippen LogP contribution in [0, 0.1) is 13.8 Å². The molecule has 0 fully saturated rings. The van der Waals surface area contributed by atoms with Crippen LogP contribution in [0.4, 0.5) is 5.69 Å². The van der Waals surface area contributed by atoms with Gasteiger partial charge in [0.1, 0.15) is 6.04 Å². The van der Waals surface area contributed by atoms with E-state index in [2.05, 4.69) is 21.2 Å². The number of nitrogens with two attached hydrogens (primary N) is 1. The fourth-order valence-corrected chi connectivity index (χ4v) is 2.35. The van der Waals surface area contributed by atoms with Crippen LogP contribution in [0.2, 0.25) is 0 Å². The molecule has 3 nitrogen and oxygen atoms in total. The summed E-state index contributed by atoms with van der Waals surface area (Å²) in [5.41, 5.74) is 9.48. The largest absolute Gasteiger partial charge is 0.370 e. The van der Waals surface area contributed by atoms with E-state index in [1.807, 2.05) is 56.3 Å². The molecule has 1 amide bonds. The van der Waals surface area contributed by atoms with E-state index >= 15 is 0 Å². The average Bonchev–Trinajstić information content (AvgIpc) is 2.41. The summed E-state index contributed by atoms with van der Waals surface area (Å²) in [5, 5.41) is 3.19.